The molecule has 0 aromatic carbocycles. The first-order valence-corrected chi connectivity index (χ1v) is 5.56. The third-order valence-electron chi connectivity index (χ3n) is 2.68. The molecule has 2 heterocycles. The van der Waals surface area contributed by atoms with E-state index < -0.39 is 0 Å². The Morgan fingerprint density at radius 3 is 2.29 bits per heavy atom. The zero-order valence-electron chi connectivity index (χ0n) is 9.43. The van der Waals surface area contributed by atoms with E-state index >= 15 is 0 Å². The lowest BCUT2D eigenvalue weighted by Crippen LogP contribution is -2.34. The van der Waals surface area contributed by atoms with E-state index in [2.05, 4.69) is 9.97 Å². The van der Waals surface area contributed by atoms with Crippen molar-refractivity contribution in [3.8, 4) is 0 Å². The molecule has 6 nitrogen and oxygen atoms in total. The normalized spacial score (nSPS) is 17.1. The standard InChI is InChI=1S/C11H14N4O2/c12-9-6-13-8(5-14-9)7-15-10(16)3-1-2-4-11(15)17/h5-6H,1-4,7H2,(H2,12,14). The van der Waals surface area contributed by atoms with Crippen LogP contribution in [-0.4, -0.2) is 26.7 Å². The number of amides is 2. The highest BCUT2D eigenvalue weighted by molar-refractivity contribution is 5.95. The van der Waals surface area contributed by atoms with Crippen LogP contribution in [-0.2, 0) is 16.1 Å². The summed E-state index contributed by atoms with van der Waals surface area (Å²) in [6, 6.07) is 0. The zero-order chi connectivity index (χ0) is 12.3. The minimum Gasteiger partial charge on any atom is -0.382 e. The van der Waals surface area contributed by atoms with Crippen LogP contribution in [0.15, 0.2) is 12.4 Å². The molecule has 1 aromatic heterocycles. The molecule has 0 atom stereocenters. The van der Waals surface area contributed by atoms with Gasteiger partial charge in [-0.25, -0.2) is 4.98 Å². The summed E-state index contributed by atoms with van der Waals surface area (Å²) in [6.07, 6.45) is 5.30. The highest BCUT2D eigenvalue weighted by Crippen LogP contribution is 2.14. The van der Waals surface area contributed by atoms with Crippen molar-refractivity contribution in [2.24, 2.45) is 0 Å². The number of hydrogen-bond acceptors (Lipinski definition) is 5. The SMILES string of the molecule is Nc1cnc(CN2C(=O)CCCCC2=O)cn1. The van der Waals surface area contributed by atoms with E-state index in [1.807, 2.05) is 0 Å². The second-order valence-corrected chi connectivity index (χ2v) is 4.01. The van der Waals surface area contributed by atoms with Crippen LogP contribution in [0.5, 0.6) is 0 Å². The molecule has 1 aromatic rings. The molecule has 0 spiro atoms. The molecule has 0 saturated carbocycles. The molecule has 0 unspecified atom stereocenters. The maximum Gasteiger partial charge on any atom is 0.229 e. The Morgan fingerprint density at radius 1 is 1.12 bits per heavy atom. The Morgan fingerprint density at radius 2 is 1.76 bits per heavy atom. The minimum absolute atomic E-state index is 0.133. The number of likely N-dealkylation sites (tertiary alicyclic amines) is 1. The van der Waals surface area contributed by atoms with Gasteiger partial charge in [0.2, 0.25) is 11.8 Å². The number of carbonyl (C=O) groups is 2. The largest absolute Gasteiger partial charge is 0.382 e. The third-order valence-corrected chi connectivity index (χ3v) is 2.68. The van der Waals surface area contributed by atoms with Crippen LogP contribution in [0, 0.1) is 0 Å². The fourth-order valence-electron chi connectivity index (χ4n) is 1.75. The second kappa shape index (κ2) is 4.90. The maximum atomic E-state index is 11.7. The summed E-state index contributed by atoms with van der Waals surface area (Å²) in [6.45, 7) is 0.185. The summed E-state index contributed by atoms with van der Waals surface area (Å²) in [5.74, 6) is 0.0551. The van der Waals surface area contributed by atoms with E-state index in [0.717, 1.165) is 12.8 Å². The van der Waals surface area contributed by atoms with Crippen molar-refractivity contribution < 1.29 is 9.59 Å². The molecule has 2 N–H and O–H groups in total. The lowest BCUT2D eigenvalue weighted by molar-refractivity contribution is -0.144. The molecule has 1 aliphatic rings. The predicted molar refractivity (Wildman–Crippen MR) is 60.5 cm³/mol. The van der Waals surface area contributed by atoms with Crippen LogP contribution in [0.3, 0.4) is 0 Å². The van der Waals surface area contributed by atoms with Gasteiger partial charge < -0.3 is 5.73 Å². The average molecular weight is 234 g/mol. The summed E-state index contributed by atoms with van der Waals surface area (Å²) in [7, 11) is 0. The summed E-state index contributed by atoms with van der Waals surface area (Å²) in [5.41, 5.74) is 5.99. The Hall–Kier alpha value is -1.98. The number of anilines is 1. The molecular formula is C11H14N4O2. The van der Waals surface area contributed by atoms with Crippen molar-refractivity contribution in [1.82, 2.24) is 14.9 Å². The van der Waals surface area contributed by atoms with E-state index in [9.17, 15) is 9.59 Å². The van der Waals surface area contributed by atoms with Gasteiger partial charge in [-0.15, -0.1) is 0 Å². The molecule has 1 saturated heterocycles. The number of nitrogens with zero attached hydrogens (tertiary/aromatic N) is 3. The van der Waals surface area contributed by atoms with Crippen molar-refractivity contribution in [3.05, 3.63) is 18.1 Å². The Balaban J connectivity index is 2.12. The van der Waals surface area contributed by atoms with E-state index in [-0.39, 0.29) is 18.4 Å². The molecule has 90 valence electrons. The van der Waals surface area contributed by atoms with E-state index in [4.69, 9.17) is 5.73 Å². The Bertz CT molecular complexity index is 412. The van der Waals surface area contributed by atoms with Crippen LogP contribution < -0.4 is 5.73 Å². The van der Waals surface area contributed by atoms with Crippen LogP contribution in [0.1, 0.15) is 31.4 Å². The van der Waals surface area contributed by atoms with Crippen molar-refractivity contribution in [2.45, 2.75) is 32.2 Å². The molecule has 2 rings (SSSR count). The first kappa shape index (κ1) is 11.5. The summed E-state index contributed by atoms with van der Waals surface area (Å²) < 4.78 is 0. The average Bonchev–Trinajstić information content (AvgIpc) is 2.47. The van der Waals surface area contributed by atoms with Gasteiger partial charge in [0.25, 0.3) is 0 Å². The van der Waals surface area contributed by atoms with Crippen LogP contribution in [0.25, 0.3) is 0 Å². The van der Waals surface area contributed by atoms with E-state index in [1.165, 1.54) is 17.3 Å². The highest BCUT2D eigenvalue weighted by atomic mass is 16.2. The van der Waals surface area contributed by atoms with Crippen molar-refractivity contribution in [3.63, 3.8) is 0 Å². The number of carbonyl (C=O) groups excluding carboxylic acids is 2. The topological polar surface area (TPSA) is 89.2 Å². The molecule has 1 fully saturated rings. The number of rotatable bonds is 2. The first-order valence-electron chi connectivity index (χ1n) is 5.56. The number of hydrogen-bond donors (Lipinski definition) is 1. The van der Waals surface area contributed by atoms with Gasteiger partial charge in [0, 0.05) is 12.8 Å². The van der Waals surface area contributed by atoms with Gasteiger partial charge in [-0.05, 0) is 12.8 Å². The number of imide groups is 1. The molecule has 6 heteroatoms. The van der Waals surface area contributed by atoms with E-state index in [0.29, 0.717) is 24.4 Å². The number of aromatic nitrogens is 2. The molecule has 0 aliphatic carbocycles. The fraction of sp³-hybridized carbons (Fsp3) is 0.455. The summed E-state index contributed by atoms with van der Waals surface area (Å²) in [5, 5.41) is 0. The molecule has 17 heavy (non-hydrogen) atoms. The molecule has 0 radical (unpaired) electrons. The van der Waals surface area contributed by atoms with Gasteiger partial charge in [0.05, 0.1) is 24.6 Å². The van der Waals surface area contributed by atoms with Crippen molar-refractivity contribution in [2.75, 3.05) is 5.73 Å². The van der Waals surface area contributed by atoms with Gasteiger partial charge in [0.1, 0.15) is 5.82 Å². The van der Waals surface area contributed by atoms with Crippen LogP contribution >= 0.6 is 0 Å². The van der Waals surface area contributed by atoms with Crippen LogP contribution in [0.2, 0.25) is 0 Å². The summed E-state index contributed by atoms with van der Waals surface area (Å²) >= 11 is 0. The summed E-state index contributed by atoms with van der Waals surface area (Å²) in [4.78, 5) is 32.6. The van der Waals surface area contributed by atoms with Gasteiger partial charge in [0.15, 0.2) is 0 Å². The quantitative estimate of drug-likeness (QED) is 0.752. The monoisotopic (exact) mass is 234 g/mol. The molecular weight excluding hydrogens is 220 g/mol. The van der Waals surface area contributed by atoms with Crippen molar-refractivity contribution in [1.29, 1.82) is 0 Å². The third kappa shape index (κ3) is 2.77. The molecule has 2 amide bonds. The van der Waals surface area contributed by atoms with Gasteiger partial charge in [-0.3, -0.25) is 19.5 Å². The Labute approximate surface area is 98.8 Å². The minimum atomic E-state index is -0.133. The Kier molecular flexibility index (Phi) is 3.32. The van der Waals surface area contributed by atoms with Gasteiger partial charge in [-0.1, -0.05) is 0 Å². The molecule has 1 aliphatic heterocycles. The van der Waals surface area contributed by atoms with Gasteiger partial charge >= 0.3 is 0 Å². The van der Waals surface area contributed by atoms with Crippen LogP contribution in [0.4, 0.5) is 5.82 Å². The molecule has 0 bridgehead atoms. The number of nitrogen functional groups attached to an aromatic ring is 1. The fourth-order valence-corrected chi connectivity index (χ4v) is 1.75. The first-order chi connectivity index (χ1) is 8.16. The zero-order valence-corrected chi connectivity index (χ0v) is 9.43. The maximum absolute atomic E-state index is 11.7. The lowest BCUT2D eigenvalue weighted by atomic mass is 10.2. The van der Waals surface area contributed by atoms with Gasteiger partial charge in [-0.2, -0.15) is 0 Å². The second-order valence-electron chi connectivity index (χ2n) is 4.01. The number of nitrogens with two attached hydrogens (primary N) is 1. The van der Waals surface area contributed by atoms with E-state index in [1.54, 1.807) is 0 Å². The predicted octanol–water partition coefficient (Wildman–Crippen LogP) is 0.488. The lowest BCUT2D eigenvalue weighted by Gasteiger charge is -2.17. The van der Waals surface area contributed by atoms with Crippen molar-refractivity contribution >= 4 is 17.6 Å². The smallest absolute Gasteiger partial charge is 0.229 e. The highest BCUT2D eigenvalue weighted by Gasteiger charge is 2.24.